The summed E-state index contributed by atoms with van der Waals surface area (Å²) in [6.07, 6.45) is -0.886. The van der Waals surface area contributed by atoms with E-state index in [1.54, 1.807) is 32.0 Å². The Hall–Kier alpha value is -1.07. The SMILES string of the molecule is COc1ccc(Br)cc1C(O)C(C)C(C)C(=O)O. The minimum atomic E-state index is -0.921. The van der Waals surface area contributed by atoms with Gasteiger partial charge in [-0.1, -0.05) is 29.8 Å². The molecule has 0 aliphatic rings. The molecular formula is C13H17BrO4. The maximum Gasteiger partial charge on any atom is 0.306 e. The third-order valence-corrected chi connectivity index (χ3v) is 3.68. The van der Waals surface area contributed by atoms with Crippen molar-refractivity contribution in [3.8, 4) is 5.75 Å². The number of methoxy groups -OCH3 is 1. The lowest BCUT2D eigenvalue weighted by molar-refractivity contribution is -0.144. The molecule has 0 saturated carbocycles. The summed E-state index contributed by atoms with van der Waals surface area (Å²) in [7, 11) is 1.52. The number of hydrogen-bond acceptors (Lipinski definition) is 3. The average Bonchev–Trinajstić information content (AvgIpc) is 2.35. The molecule has 1 rings (SSSR count). The Morgan fingerprint density at radius 3 is 2.50 bits per heavy atom. The molecule has 4 nitrogen and oxygen atoms in total. The molecule has 1 aromatic carbocycles. The lowest BCUT2D eigenvalue weighted by Gasteiger charge is -2.24. The third-order valence-electron chi connectivity index (χ3n) is 3.19. The first kappa shape index (κ1) is 15.0. The second kappa shape index (κ2) is 6.20. The number of rotatable bonds is 5. The number of ether oxygens (including phenoxy) is 1. The van der Waals surface area contributed by atoms with Crippen molar-refractivity contribution in [1.82, 2.24) is 0 Å². The van der Waals surface area contributed by atoms with E-state index in [1.807, 2.05) is 0 Å². The summed E-state index contributed by atoms with van der Waals surface area (Å²) < 4.78 is 6.00. The molecule has 0 radical (unpaired) electrons. The second-order valence-electron chi connectivity index (χ2n) is 4.32. The fourth-order valence-electron chi connectivity index (χ4n) is 1.72. The normalized spacial score (nSPS) is 15.8. The van der Waals surface area contributed by atoms with Crippen molar-refractivity contribution in [2.45, 2.75) is 20.0 Å². The van der Waals surface area contributed by atoms with Crippen molar-refractivity contribution in [2.75, 3.05) is 7.11 Å². The minimum absolute atomic E-state index is 0.411. The van der Waals surface area contributed by atoms with E-state index in [-0.39, 0.29) is 0 Å². The molecule has 3 atom stereocenters. The molecule has 1 aromatic rings. The number of halogens is 1. The van der Waals surface area contributed by atoms with E-state index < -0.39 is 23.9 Å². The Labute approximate surface area is 115 Å². The number of hydrogen-bond donors (Lipinski definition) is 2. The smallest absolute Gasteiger partial charge is 0.306 e. The predicted octanol–water partition coefficient (Wildman–Crippen LogP) is 2.85. The molecular weight excluding hydrogens is 300 g/mol. The van der Waals surface area contributed by atoms with Crippen molar-refractivity contribution in [3.05, 3.63) is 28.2 Å². The summed E-state index contributed by atoms with van der Waals surface area (Å²) in [6, 6.07) is 5.29. The van der Waals surface area contributed by atoms with Gasteiger partial charge in [0, 0.05) is 10.0 Å². The van der Waals surface area contributed by atoms with Gasteiger partial charge in [-0.2, -0.15) is 0 Å². The fraction of sp³-hybridized carbons (Fsp3) is 0.462. The first-order valence-corrected chi connectivity index (χ1v) is 6.42. The van der Waals surface area contributed by atoms with Gasteiger partial charge in [-0.05, 0) is 24.1 Å². The van der Waals surface area contributed by atoms with E-state index >= 15 is 0 Å². The second-order valence-corrected chi connectivity index (χ2v) is 5.23. The van der Waals surface area contributed by atoms with Crippen LogP contribution >= 0.6 is 15.9 Å². The molecule has 0 bridgehead atoms. The molecule has 0 aliphatic heterocycles. The van der Waals surface area contributed by atoms with Gasteiger partial charge in [0.15, 0.2) is 0 Å². The summed E-state index contributed by atoms with van der Waals surface area (Å²) >= 11 is 3.33. The van der Waals surface area contributed by atoms with E-state index in [0.29, 0.717) is 11.3 Å². The molecule has 0 aliphatic carbocycles. The molecule has 5 heteroatoms. The number of carbonyl (C=O) groups is 1. The molecule has 0 saturated heterocycles. The van der Waals surface area contributed by atoms with Crippen molar-refractivity contribution in [1.29, 1.82) is 0 Å². The Morgan fingerprint density at radius 2 is 2.00 bits per heavy atom. The molecule has 0 amide bonds. The van der Waals surface area contributed by atoms with E-state index in [2.05, 4.69) is 15.9 Å². The quantitative estimate of drug-likeness (QED) is 0.876. The summed E-state index contributed by atoms with van der Waals surface area (Å²) in [4.78, 5) is 10.9. The van der Waals surface area contributed by atoms with Crippen LogP contribution in [0.1, 0.15) is 25.5 Å². The zero-order chi connectivity index (χ0) is 13.9. The maximum absolute atomic E-state index is 10.9. The Morgan fingerprint density at radius 1 is 1.39 bits per heavy atom. The van der Waals surface area contributed by atoms with Gasteiger partial charge in [0.2, 0.25) is 0 Å². The molecule has 0 aromatic heterocycles. The van der Waals surface area contributed by atoms with Gasteiger partial charge < -0.3 is 14.9 Å². The molecule has 2 N–H and O–H groups in total. The van der Waals surface area contributed by atoms with Gasteiger partial charge in [0.1, 0.15) is 5.75 Å². The van der Waals surface area contributed by atoms with Crippen LogP contribution in [0.3, 0.4) is 0 Å². The van der Waals surface area contributed by atoms with Crippen molar-refractivity contribution in [3.63, 3.8) is 0 Å². The Kier molecular flexibility index (Phi) is 5.16. The van der Waals surface area contributed by atoms with Crippen LogP contribution in [0, 0.1) is 11.8 Å². The molecule has 18 heavy (non-hydrogen) atoms. The predicted molar refractivity (Wildman–Crippen MR) is 71.6 cm³/mol. The highest BCUT2D eigenvalue weighted by Gasteiger charge is 2.28. The standard InChI is InChI=1S/C13H17BrO4/c1-7(8(2)13(16)17)12(15)10-6-9(14)4-5-11(10)18-3/h4-8,12,15H,1-3H3,(H,16,17). The topological polar surface area (TPSA) is 66.8 Å². The number of aliphatic carboxylic acids is 1. The zero-order valence-electron chi connectivity index (χ0n) is 10.6. The van der Waals surface area contributed by atoms with Crippen molar-refractivity contribution >= 4 is 21.9 Å². The van der Waals surface area contributed by atoms with E-state index in [0.717, 1.165) is 4.47 Å². The van der Waals surface area contributed by atoms with Gasteiger partial charge in [0.05, 0.1) is 19.1 Å². The van der Waals surface area contributed by atoms with Gasteiger partial charge in [0.25, 0.3) is 0 Å². The number of carboxylic acid groups (broad SMARTS) is 1. The monoisotopic (exact) mass is 316 g/mol. The fourth-order valence-corrected chi connectivity index (χ4v) is 2.10. The number of carboxylic acids is 1. The first-order valence-electron chi connectivity index (χ1n) is 5.62. The van der Waals surface area contributed by atoms with E-state index in [4.69, 9.17) is 9.84 Å². The highest BCUT2D eigenvalue weighted by molar-refractivity contribution is 9.10. The van der Waals surface area contributed by atoms with Crippen molar-refractivity contribution in [2.24, 2.45) is 11.8 Å². The van der Waals surface area contributed by atoms with Gasteiger partial charge in [-0.15, -0.1) is 0 Å². The molecule has 0 fully saturated rings. The zero-order valence-corrected chi connectivity index (χ0v) is 12.1. The van der Waals surface area contributed by atoms with Crippen molar-refractivity contribution < 1.29 is 19.7 Å². The van der Waals surface area contributed by atoms with Gasteiger partial charge in [-0.3, -0.25) is 4.79 Å². The van der Waals surface area contributed by atoms with Crippen LogP contribution in [-0.2, 0) is 4.79 Å². The average molecular weight is 317 g/mol. The highest BCUT2D eigenvalue weighted by Crippen LogP contribution is 2.35. The highest BCUT2D eigenvalue weighted by atomic mass is 79.9. The molecule has 0 heterocycles. The number of aliphatic hydroxyl groups excluding tert-OH is 1. The van der Waals surface area contributed by atoms with Crippen LogP contribution < -0.4 is 4.74 Å². The largest absolute Gasteiger partial charge is 0.496 e. The minimum Gasteiger partial charge on any atom is -0.496 e. The van der Waals surface area contributed by atoms with Crippen LogP contribution in [0.5, 0.6) is 5.75 Å². The maximum atomic E-state index is 10.9. The summed E-state index contributed by atoms with van der Waals surface area (Å²) in [5, 5.41) is 19.3. The third kappa shape index (κ3) is 3.23. The van der Waals surface area contributed by atoms with E-state index in [1.165, 1.54) is 7.11 Å². The van der Waals surface area contributed by atoms with Crippen LogP contribution in [-0.4, -0.2) is 23.3 Å². The van der Waals surface area contributed by atoms with E-state index in [9.17, 15) is 9.90 Å². The van der Waals surface area contributed by atoms with Crippen LogP contribution in [0.15, 0.2) is 22.7 Å². The molecule has 3 unspecified atom stereocenters. The van der Waals surface area contributed by atoms with Crippen LogP contribution in [0.2, 0.25) is 0 Å². The van der Waals surface area contributed by atoms with Gasteiger partial charge >= 0.3 is 5.97 Å². The summed E-state index contributed by atoms with van der Waals surface area (Å²) in [5.74, 6) is -1.42. The Bertz CT molecular complexity index is 433. The molecule has 0 spiro atoms. The lowest BCUT2D eigenvalue weighted by Crippen LogP contribution is -2.24. The molecule has 100 valence electrons. The summed E-state index contributed by atoms with van der Waals surface area (Å²) in [6.45, 7) is 3.30. The lowest BCUT2D eigenvalue weighted by atomic mass is 9.87. The van der Waals surface area contributed by atoms with Crippen LogP contribution in [0.25, 0.3) is 0 Å². The number of aliphatic hydroxyl groups is 1. The van der Waals surface area contributed by atoms with Gasteiger partial charge in [-0.25, -0.2) is 0 Å². The Balaban J connectivity index is 3.05. The summed E-state index contributed by atoms with van der Waals surface area (Å²) in [5.41, 5.74) is 0.590. The van der Waals surface area contributed by atoms with Crippen LogP contribution in [0.4, 0.5) is 0 Å². The first-order chi connectivity index (χ1) is 8.38. The number of benzene rings is 1.